The van der Waals surface area contributed by atoms with Gasteiger partial charge in [0, 0.05) is 11.1 Å². The molecule has 0 radical (unpaired) electrons. The third-order valence-electron chi connectivity index (χ3n) is 7.24. The number of hydrogen-bond acceptors (Lipinski definition) is 5. The predicted molar refractivity (Wildman–Crippen MR) is 169 cm³/mol. The van der Waals surface area contributed by atoms with E-state index in [1.807, 2.05) is 109 Å². The molecular formula is C36H24F3N7Pt. The Hall–Kier alpha value is -5.34. The van der Waals surface area contributed by atoms with Crippen molar-refractivity contribution in [1.29, 1.82) is 0 Å². The quantitative estimate of drug-likeness (QED) is 0.151. The first-order valence-electron chi connectivity index (χ1n) is 14.3. The molecule has 11 heteroatoms. The molecule has 7 rings (SSSR count). The van der Waals surface area contributed by atoms with Crippen molar-refractivity contribution < 1.29 is 34.2 Å². The molecule has 7 aromatic rings. The number of anilines is 3. The molecule has 0 N–H and O–H groups in total. The number of aromatic nitrogens is 6. The van der Waals surface area contributed by atoms with Crippen LogP contribution in [0.2, 0.25) is 0 Å². The zero-order valence-corrected chi connectivity index (χ0v) is 27.0. The summed E-state index contributed by atoms with van der Waals surface area (Å²) in [6.07, 6.45) is 1.03. The molecule has 0 unspecified atom stereocenters. The van der Waals surface area contributed by atoms with Crippen LogP contribution >= 0.6 is 0 Å². The predicted octanol–water partition coefficient (Wildman–Crippen LogP) is 8.58. The topological polar surface area (TPSA) is 64.7 Å². The van der Waals surface area contributed by atoms with E-state index < -0.39 is 11.9 Å². The molecule has 0 amide bonds. The molecule has 4 aromatic heterocycles. The van der Waals surface area contributed by atoms with Crippen LogP contribution < -0.4 is 4.90 Å². The molecule has 0 spiro atoms. The first-order valence-corrected chi connectivity index (χ1v) is 14.3. The Kier molecular flexibility index (Phi) is 8.87. The monoisotopic (exact) mass is 806 g/mol. The molecule has 7 nitrogen and oxygen atoms in total. The molecule has 0 fully saturated rings. The number of nitrogens with zero attached hydrogens (tertiary/aromatic N) is 7. The van der Waals surface area contributed by atoms with E-state index in [1.165, 1.54) is 0 Å². The molecular weight excluding hydrogens is 783 g/mol. The molecule has 234 valence electrons. The third-order valence-corrected chi connectivity index (χ3v) is 7.24. The Morgan fingerprint density at radius 2 is 1.09 bits per heavy atom. The van der Waals surface area contributed by atoms with Crippen LogP contribution in [0, 0.1) is 19.3 Å². The number of pyridine rings is 2. The van der Waals surface area contributed by atoms with Gasteiger partial charge < -0.3 is 9.36 Å². The number of halogens is 3. The Morgan fingerprint density at radius 1 is 0.596 bits per heavy atom. The molecule has 3 aromatic carbocycles. The molecule has 0 saturated carbocycles. The van der Waals surface area contributed by atoms with Crippen LogP contribution in [-0.2, 0) is 27.2 Å². The standard InChI is InChI=1S/C36H24F3N7.Pt/c1-25-21-23-44(42-25)31-17-9-19-33(40-31)46(34-20-10-18-32(41-34)45-24-22-30(43-45)36(37,38)39)35-28(26-11-4-2-5-12-26)15-8-16-29(35)27-13-6-3-7-14-27;/h2-22H,1H3;/q-2;+2. The summed E-state index contributed by atoms with van der Waals surface area (Å²) in [6.45, 7) is 1.87. The van der Waals surface area contributed by atoms with Crippen molar-refractivity contribution in [3.8, 4) is 33.9 Å². The van der Waals surface area contributed by atoms with Crippen molar-refractivity contribution in [2.75, 3.05) is 4.90 Å². The van der Waals surface area contributed by atoms with E-state index in [1.54, 1.807) is 28.9 Å². The number of rotatable bonds is 7. The van der Waals surface area contributed by atoms with Crippen LogP contribution in [0.15, 0.2) is 127 Å². The molecule has 0 aliphatic carbocycles. The van der Waals surface area contributed by atoms with Crippen LogP contribution in [0.25, 0.3) is 33.9 Å². The largest absolute Gasteiger partial charge is 2.00 e. The summed E-state index contributed by atoms with van der Waals surface area (Å²) < 4.78 is 42.8. The van der Waals surface area contributed by atoms with Crippen LogP contribution in [0.1, 0.15) is 11.4 Å². The number of benzene rings is 3. The minimum Gasteiger partial charge on any atom is -0.343 e. The van der Waals surface area contributed by atoms with Gasteiger partial charge in [-0.2, -0.15) is 13.2 Å². The van der Waals surface area contributed by atoms with Crippen LogP contribution in [0.4, 0.5) is 30.5 Å². The van der Waals surface area contributed by atoms with Gasteiger partial charge >= 0.3 is 27.2 Å². The van der Waals surface area contributed by atoms with Gasteiger partial charge in [-0.1, -0.05) is 122 Å². The van der Waals surface area contributed by atoms with Crippen molar-refractivity contribution in [3.63, 3.8) is 0 Å². The summed E-state index contributed by atoms with van der Waals surface area (Å²) in [7, 11) is 0. The average Bonchev–Trinajstić information content (AvgIpc) is 3.77. The van der Waals surface area contributed by atoms with Gasteiger partial charge in [-0.25, -0.2) is 0 Å². The number of aryl methyl sites for hydroxylation is 1. The fraction of sp³-hybridized carbons (Fsp3) is 0.0556. The van der Waals surface area contributed by atoms with Crippen molar-refractivity contribution in [2.24, 2.45) is 0 Å². The van der Waals surface area contributed by atoms with E-state index >= 15 is 0 Å². The van der Waals surface area contributed by atoms with Gasteiger partial charge in [0.05, 0.1) is 23.0 Å². The third kappa shape index (κ3) is 6.50. The summed E-state index contributed by atoms with van der Waals surface area (Å²) >= 11 is 0. The summed E-state index contributed by atoms with van der Waals surface area (Å²) in [5.41, 5.74) is 4.21. The molecule has 0 atom stereocenters. The van der Waals surface area contributed by atoms with E-state index in [-0.39, 0.29) is 26.9 Å². The molecule has 4 heterocycles. The second kappa shape index (κ2) is 13.2. The van der Waals surface area contributed by atoms with Crippen molar-refractivity contribution in [1.82, 2.24) is 29.5 Å². The van der Waals surface area contributed by atoms with Gasteiger partial charge in [-0.15, -0.1) is 12.1 Å². The molecule has 0 aliphatic rings. The second-order valence-corrected chi connectivity index (χ2v) is 10.4. The minimum absolute atomic E-state index is 0. The fourth-order valence-electron chi connectivity index (χ4n) is 5.17. The average molecular weight is 807 g/mol. The number of para-hydroxylation sites is 1. The summed E-state index contributed by atoms with van der Waals surface area (Å²) in [6, 6.07) is 39.1. The zero-order valence-electron chi connectivity index (χ0n) is 24.7. The van der Waals surface area contributed by atoms with E-state index in [2.05, 4.69) is 22.6 Å². The molecule has 0 bridgehead atoms. The second-order valence-electron chi connectivity index (χ2n) is 10.4. The van der Waals surface area contributed by atoms with Gasteiger partial charge in [-0.3, -0.25) is 25.1 Å². The maximum atomic E-state index is 13.4. The Morgan fingerprint density at radius 3 is 1.55 bits per heavy atom. The first kappa shape index (κ1) is 31.6. The minimum atomic E-state index is -4.61. The summed E-state index contributed by atoms with van der Waals surface area (Å²) in [5.74, 6) is 1.59. The zero-order chi connectivity index (χ0) is 31.7. The van der Waals surface area contributed by atoms with Gasteiger partial charge in [0.15, 0.2) is 0 Å². The number of hydrogen-bond donors (Lipinski definition) is 0. The summed E-state index contributed by atoms with van der Waals surface area (Å²) in [5, 5.41) is 8.20. The summed E-state index contributed by atoms with van der Waals surface area (Å²) in [4.78, 5) is 11.7. The van der Waals surface area contributed by atoms with E-state index in [0.29, 0.717) is 17.5 Å². The SMILES string of the molecule is Cc1c[c-]n(-c2cccc(N(c3cccc(-n4[c-]cc(C(F)(F)F)n4)n3)c3c(-c4ccccc4)cccc3-c3ccccc3)n2)n1.[Pt+2]. The smallest absolute Gasteiger partial charge is 0.343 e. The molecule has 0 aliphatic heterocycles. The molecule has 0 saturated heterocycles. The maximum Gasteiger partial charge on any atom is 2.00 e. The van der Waals surface area contributed by atoms with E-state index in [0.717, 1.165) is 44.4 Å². The fourth-order valence-corrected chi connectivity index (χ4v) is 5.17. The Balaban J connectivity index is 0.00000386. The van der Waals surface area contributed by atoms with Crippen molar-refractivity contribution in [3.05, 3.63) is 151 Å². The number of alkyl halides is 3. The van der Waals surface area contributed by atoms with Gasteiger partial charge in [-0.05, 0) is 29.0 Å². The molecule has 47 heavy (non-hydrogen) atoms. The first-order chi connectivity index (χ1) is 22.3. The van der Waals surface area contributed by atoms with Gasteiger partial charge in [0.2, 0.25) is 0 Å². The van der Waals surface area contributed by atoms with E-state index in [4.69, 9.17) is 9.97 Å². The van der Waals surface area contributed by atoms with E-state index in [9.17, 15) is 13.2 Å². The Labute approximate surface area is 283 Å². The van der Waals surface area contributed by atoms with Crippen LogP contribution in [-0.4, -0.2) is 29.5 Å². The van der Waals surface area contributed by atoms with Crippen molar-refractivity contribution in [2.45, 2.75) is 13.1 Å². The maximum absolute atomic E-state index is 13.4. The van der Waals surface area contributed by atoms with Crippen LogP contribution in [0.5, 0.6) is 0 Å². The van der Waals surface area contributed by atoms with Gasteiger partial charge in [0.1, 0.15) is 11.6 Å². The Bertz CT molecular complexity index is 2070. The van der Waals surface area contributed by atoms with Crippen LogP contribution in [0.3, 0.4) is 0 Å². The van der Waals surface area contributed by atoms with Crippen molar-refractivity contribution >= 4 is 17.3 Å². The normalized spacial score (nSPS) is 11.2. The van der Waals surface area contributed by atoms with Gasteiger partial charge in [0.25, 0.3) is 0 Å².